The Bertz CT molecular complexity index is 1270. The molecule has 0 aliphatic rings. The van der Waals surface area contributed by atoms with E-state index in [4.69, 9.17) is 48.5 Å². The second kappa shape index (κ2) is 19.3. The number of hydrogen-bond acceptors (Lipinski definition) is 10. The summed E-state index contributed by atoms with van der Waals surface area (Å²) < 4.78 is 22.7. The van der Waals surface area contributed by atoms with Gasteiger partial charge in [-0.3, -0.25) is 38.0 Å². The summed E-state index contributed by atoms with van der Waals surface area (Å²) in [6.07, 6.45) is -1.40. The van der Waals surface area contributed by atoms with Gasteiger partial charge in [-0.2, -0.15) is 0 Å². The minimum absolute atomic E-state index is 0.00900. The summed E-state index contributed by atoms with van der Waals surface area (Å²) in [5.74, 6) is -2.53. The van der Waals surface area contributed by atoms with Crippen LogP contribution < -0.4 is 26.6 Å². The fourth-order valence-corrected chi connectivity index (χ4v) is 6.47. The van der Waals surface area contributed by atoms with E-state index in [1.165, 1.54) is 0 Å². The molecule has 0 aliphatic carbocycles. The van der Waals surface area contributed by atoms with Gasteiger partial charge in [-0.1, -0.05) is 12.1 Å². The smallest absolute Gasteiger partial charge is 0.369 e. The number of halogens is 2. The lowest BCUT2D eigenvalue weighted by molar-refractivity contribution is -0.142. The van der Waals surface area contributed by atoms with Crippen LogP contribution in [0.5, 0.6) is 0 Å². The second-order valence-electron chi connectivity index (χ2n) is 9.78. The van der Waals surface area contributed by atoms with E-state index in [2.05, 4.69) is 16.0 Å². The normalized spacial score (nSPS) is 12.5. The first-order valence-electron chi connectivity index (χ1n) is 13.5. The van der Waals surface area contributed by atoms with Gasteiger partial charge in [0.25, 0.3) is 5.08 Å². The van der Waals surface area contributed by atoms with Crippen molar-refractivity contribution in [2.45, 2.75) is 30.4 Å². The average molecular weight is 735 g/mol. The predicted octanol–water partition coefficient (Wildman–Crippen LogP) is -2.04. The van der Waals surface area contributed by atoms with Crippen molar-refractivity contribution in [3.63, 3.8) is 0 Å². The molecule has 0 aliphatic heterocycles. The predicted molar refractivity (Wildman–Crippen MR) is 167 cm³/mol. The maximum absolute atomic E-state index is 12.4. The molecule has 1 rings (SSSR count). The maximum atomic E-state index is 12.4. The van der Waals surface area contributed by atoms with Crippen LogP contribution in [0.25, 0.3) is 0 Å². The number of rotatable bonds is 21. The zero-order valence-electron chi connectivity index (χ0n) is 24.5. The highest BCUT2D eigenvalue weighted by Crippen LogP contribution is 2.69. The Morgan fingerprint density at radius 2 is 1.48 bits per heavy atom. The zero-order valence-corrected chi connectivity index (χ0v) is 27.8. The number of anilines is 1. The van der Waals surface area contributed by atoms with Crippen LogP contribution in [0, 0.1) is 0 Å². The lowest BCUT2D eigenvalue weighted by Gasteiger charge is -2.29. The summed E-state index contributed by atoms with van der Waals surface area (Å²) >= 11 is 11.7. The minimum atomic E-state index is -5.66. The molecule has 0 bridgehead atoms. The number of carbonyl (C=O) groups excluding carboxylic acids is 5. The Kier molecular flexibility index (Phi) is 17.3. The number of benzene rings is 1. The van der Waals surface area contributed by atoms with Gasteiger partial charge in [0.05, 0.1) is 19.1 Å². The van der Waals surface area contributed by atoms with Crippen LogP contribution in [0.15, 0.2) is 24.3 Å². The monoisotopic (exact) mass is 734 g/mol. The summed E-state index contributed by atoms with van der Waals surface area (Å²) in [5.41, 5.74) is 7.61. The molecule has 0 radical (unpaired) electrons. The first kappa shape index (κ1) is 41.4. The fraction of sp³-hybridized carbons (Fsp3) is 0.542. The number of nitrogens with two attached hydrogens (primary N) is 1. The second-order valence-corrected chi connectivity index (χ2v) is 14.5. The highest BCUT2D eigenvalue weighted by atomic mass is 35.5. The molecule has 0 heterocycles. The first-order valence-corrected chi connectivity index (χ1v) is 17.8. The highest BCUT2D eigenvalue weighted by molar-refractivity contribution is 7.72. The SMILES string of the molecule is N[C@@H](Cc1ccc(N(CCCl)CCCl)cc1)C(=O)NCC(=O)NCC(=O)N(C=O)CC(=O)NCCCC(O)(P(=O)(O)O)P(=O)(O)O. The lowest BCUT2D eigenvalue weighted by atomic mass is 10.1. The van der Waals surface area contributed by atoms with Crippen LogP contribution in [-0.4, -0.2) is 122 Å². The average Bonchev–Trinajstić information content (AvgIpc) is 2.98. The highest BCUT2D eigenvalue weighted by Gasteiger charge is 2.58. The van der Waals surface area contributed by atoms with Crippen molar-refractivity contribution < 1.29 is 57.8 Å². The molecule has 46 heavy (non-hydrogen) atoms. The van der Waals surface area contributed by atoms with Gasteiger partial charge < -0.3 is 51.3 Å². The summed E-state index contributed by atoms with van der Waals surface area (Å²) in [6, 6.07) is 6.30. The fourth-order valence-electron chi connectivity index (χ4n) is 3.81. The van der Waals surface area contributed by atoms with Crippen molar-refractivity contribution in [1.29, 1.82) is 0 Å². The molecular formula is C24H38Cl2N6O12P2. The summed E-state index contributed by atoms with van der Waals surface area (Å²) in [5, 5.41) is 12.8. The van der Waals surface area contributed by atoms with Crippen molar-refractivity contribution in [1.82, 2.24) is 20.9 Å². The molecule has 10 N–H and O–H groups in total. The molecule has 1 aromatic carbocycles. The van der Waals surface area contributed by atoms with E-state index in [0.29, 0.717) is 29.7 Å². The number of amides is 5. The summed E-state index contributed by atoms with van der Waals surface area (Å²) in [6.45, 7) is -1.31. The quantitative estimate of drug-likeness (QED) is 0.0285. The van der Waals surface area contributed by atoms with E-state index < -0.39 is 89.0 Å². The van der Waals surface area contributed by atoms with E-state index in [0.717, 1.165) is 11.3 Å². The van der Waals surface area contributed by atoms with Crippen molar-refractivity contribution in [3.05, 3.63) is 29.8 Å². The van der Waals surface area contributed by atoms with E-state index in [9.17, 15) is 38.2 Å². The molecule has 18 nitrogen and oxygen atoms in total. The van der Waals surface area contributed by atoms with Crippen LogP contribution in [0.4, 0.5) is 5.69 Å². The van der Waals surface area contributed by atoms with E-state index >= 15 is 0 Å². The molecule has 0 saturated carbocycles. The van der Waals surface area contributed by atoms with E-state index in [-0.39, 0.29) is 12.8 Å². The standard InChI is InChI=1S/C24H38Cl2N6O12P2/c25-7-10-31(11-8-26)18-4-2-17(3-5-18)12-19(27)23(37)30-13-20(34)29-14-22(36)32(16-33)15-21(35)28-9-1-6-24(38,45(39,40)41)46(42,43)44/h2-5,16,19,38H,1,6-15,27H2,(H,28,35)(H,29,34)(H,30,37)(H2,39,40,41)(H2,42,43,44)/t19-/m0/s1. The summed E-state index contributed by atoms with van der Waals surface area (Å²) in [4.78, 5) is 98.9. The van der Waals surface area contributed by atoms with Gasteiger partial charge >= 0.3 is 15.2 Å². The van der Waals surface area contributed by atoms with Crippen LogP contribution >= 0.6 is 38.4 Å². The third-order valence-corrected chi connectivity index (χ3v) is 10.6. The number of alkyl halides is 2. The minimum Gasteiger partial charge on any atom is -0.369 e. The number of hydrogen-bond donors (Lipinski definition) is 9. The molecule has 5 amide bonds. The number of aliphatic hydroxyl groups is 1. The third kappa shape index (κ3) is 13.2. The number of carbonyl (C=O) groups is 5. The van der Waals surface area contributed by atoms with Crippen LogP contribution in [0.1, 0.15) is 18.4 Å². The van der Waals surface area contributed by atoms with Crippen LogP contribution in [-0.2, 0) is 39.5 Å². The van der Waals surface area contributed by atoms with E-state index in [1.54, 1.807) is 12.1 Å². The molecule has 0 fully saturated rings. The Hall–Kier alpha value is -2.63. The molecular weight excluding hydrogens is 697 g/mol. The molecule has 0 aromatic heterocycles. The van der Waals surface area contributed by atoms with Gasteiger partial charge in [0, 0.05) is 43.5 Å². The van der Waals surface area contributed by atoms with Crippen molar-refractivity contribution in [2.24, 2.45) is 5.73 Å². The molecule has 260 valence electrons. The van der Waals surface area contributed by atoms with Gasteiger partial charge in [-0.25, -0.2) is 0 Å². The van der Waals surface area contributed by atoms with Crippen molar-refractivity contribution in [3.8, 4) is 0 Å². The molecule has 0 unspecified atom stereocenters. The molecule has 0 spiro atoms. The Balaban J connectivity index is 2.48. The Morgan fingerprint density at radius 3 is 1.98 bits per heavy atom. The summed E-state index contributed by atoms with van der Waals surface area (Å²) in [7, 11) is -11.3. The number of nitrogens with one attached hydrogen (secondary N) is 3. The Morgan fingerprint density at radius 1 is 0.913 bits per heavy atom. The topological polar surface area (TPSA) is 289 Å². The van der Waals surface area contributed by atoms with Crippen LogP contribution in [0.3, 0.4) is 0 Å². The van der Waals surface area contributed by atoms with Gasteiger partial charge in [-0.15, -0.1) is 23.2 Å². The number of nitrogens with zero attached hydrogens (tertiary/aromatic N) is 2. The molecule has 22 heteroatoms. The van der Waals surface area contributed by atoms with Gasteiger partial charge in [0.2, 0.25) is 30.0 Å². The zero-order chi connectivity index (χ0) is 35.1. The van der Waals surface area contributed by atoms with Gasteiger partial charge in [0.1, 0.15) is 6.54 Å². The van der Waals surface area contributed by atoms with Gasteiger partial charge in [0.15, 0.2) is 0 Å². The Labute approximate surface area is 274 Å². The molecule has 1 aromatic rings. The van der Waals surface area contributed by atoms with Gasteiger partial charge in [-0.05, 0) is 30.5 Å². The molecule has 1 atom stereocenters. The largest absolute Gasteiger partial charge is 0.369 e. The van der Waals surface area contributed by atoms with Crippen LogP contribution in [0.2, 0.25) is 0 Å². The lowest BCUT2D eigenvalue weighted by Crippen LogP contribution is -2.48. The van der Waals surface area contributed by atoms with Crippen molar-refractivity contribution >= 4 is 74.1 Å². The van der Waals surface area contributed by atoms with E-state index in [1.807, 2.05) is 17.0 Å². The number of imide groups is 1. The molecule has 0 saturated heterocycles. The first-order chi connectivity index (χ1) is 21.4. The third-order valence-electron chi connectivity index (χ3n) is 6.37. The van der Waals surface area contributed by atoms with Crippen molar-refractivity contribution in [2.75, 3.05) is 55.9 Å². The maximum Gasteiger partial charge on any atom is 0.369 e.